The minimum absolute atomic E-state index is 0.270. The highest BCUT2D eigenvalue weighted by molar-refractivity contribution is 5.99. The van der Waals surface area contributed by atoms with Crippen LogP contribution < -0.4 is 4.74 Å². The van der Waals surface area contributed by atoms with Crippen molar-refractivity contribution in [3.8, 4) is 22.6 Å². The Bertz CT molecular complexity index is 1650. The molecule has 3 atom stereocenters. The summed E-state index contributed by atoms with van der Waals surface area (Å²) in [6, 6.07) is 36.3. The maximum atomic E-state index is 12.8. The van der Waals surface area contributed by atoms with Gasteiger partial charge in [-0.15, -0.1) is 0 Å². The van der Waals surface area contributed by atoms with E-state index < -0.39 is 6.10 Å². The number of carbonyl (C=O) groups is 1. The zero-order valence-electron chi connectivity index (χ0n) is 23.9. The summed E-state index contributed by atoms with van der Waals surface area (Å²) in [6.07, 6.45) is 3.47. The lowest BCUT2D eigenvalue weighted by molar-refractivity contribution is 0.0747. The van der Waals surface area contributed by atoms with E-state index in [4.69, 9.17) is 9.15 Å². The van der Waals surface area contributed by atoms with E-state index in [9.17, 15) is 9.90 Å². The van der Waals surface area contributed by atoms with Crippen LogP contribution in [-0.4, -0.2) is 45.9 Å². The Kier molecular flexibility index (Phi) is 7.64. The number of fused-ring (bicyclic) bond motifs is 2. The summed E-state index contributed by atoms with van der Waals surface area (Å²) in [4.78, 5) is 17.9. The second-order valence-corrected chi connectivity index (χ2v) is 11.6. The first-order chi connectivity index (χ1) is 21.1. The molecule has 1 N–H and O–H groups in total. The Morgan fingerprint density at radius 3 is 1.88 bits per heavy atom. The molecule has 2 bridgehead atoms. The molecule has 7 rings (SSSR count). The molecular formula is C37H34N2O4. The molecule has 6 heteroatoms. The van der Waals surface area contributed by atoms with Gasteiger partial charge in [0, 0.05) is 49.4 Å². The molecule has 1 aromatic heterocycles. The number of piperazine rings is 1. The molecule has 1 unspecified atom stereocenters. The number of nitrogens with zero attached hydrogens (tertiary/aromatic N) is 2. The Morgan fingerprint density at radius 2 is 1.33 bits per heavy atom. The smallest absolute Gasteiger partial charge is 0.195 e. The molecule has 3 heterocycles. The van der Waals surface area contributed by atoms with E-state index in [0.29, 0.717) is 23.2 Å². The normalized spacial score (nSPS) is 19.0. The lowest BCUT2D eigenvalue weighted by Crippen LogP contribution is -2.45. The van der Waals surface area contributed by atoms with Gasteiger partial charge in [-0.1, -0.05) is 78.9 Å². The third-order valence-corrected chi connectivity index (χ3v) is 8.71. The predicted molar refractivity (Wildman–Crippen MR) is 166 cm³/mol. The number of aliphatic hydroxyl groups excluding tert-OH is 1. The van der Waals surface area contributed by atoms with Crippen LogP contribution in [0, 0.1) is 0 Å². The summed E-state index contributed by atoms with van der Waals surface area (Å²) in [7, 11) is 0. The molecule has 216 valence electrons. The highest BCUT2D eigenvalue weighted by atomic mass is 16.5. The fourth-order valence-corrected chi connectivity index (χ4v) is 6.35. The second kappa shape index (κ2) is 12.0. The van der Waals surface area contributed by atoms with Gasteiger partial charge >= 0.3 is 0 Å². The molecule has 5 aromatic rings. The van der Waals surface area contributed by atoms with Crippen molar-refractivity contribution in [2.24, 2.45) is 0 Å². The van der Waals surface area contributed by atoms with Crippen LogP contribution in [0.4, 0.5) is 0 Å². The maximum Gasteiger partial charge on any atom is 0.195 e. The van der Waals surface area contributed by atoms with Crippen molar-refractivity contribution in [1.29, 1.82) is 0 Å². The van der Waals surface area contributed by atoms with Crippen molar-refractivity contribution in [3.05, 3.63) is 144 Å². The van der Waals surface area contributed by atoms with E-state index in [1.165, 1.54) is 17.5 Å². The summed E-state index contributed by atoms with van der Waals surface area (Å²) in [6.45, 7) is 3.93. The Morgan fingerprint density at radius 1 is 0.744 bits per heavy atom. The van der Waals surface area contributed by atoms with Gasteiger partial charge in [0.15, 0.2) is 5.78 Å². The molecule has 0 spiro atoms. The minimum Gasteiger partial charge on any atom is -0.472 e. The number of rotatable bonds is 10. The standard InChI is InChI=1S/C37H34N2O4/c40-36(29-4-2-1-3-5-29)37(41)30-10-6-26(7-11-30)21-38-23-33-20-32(38)24-39(33)22-27-8-14-34(15-9-27)43-35-16-12-28(13-17-35)31-18-19-42-25-31/h1-19,25,32-33,36,40H,20-24H2/t32-,33-,36?/m0/s1. The van der Waals surface area contributed by atoms with Crippen molar-refractivity contribution >= 4 is 5.78 Å². The van der Waals surface area contributed by atoms with Gasteiger partial charge in [0.1, 0.15) is 17.6 Å². The van der Waals surface area contributed by atoms with E-state index in [0.717, 1.165) is 48.8 Å². The van der Waals surface area contributed by atoms with Crippen LogP contribution in [0.2, 0.25) is 0 Å². The van der Waals surface area contributed by atoms with Gasteiger partial charge in [0.05, 0.1) is 12.5 Å². The number of likely N-dealkylation sites (tertiary alicyclic amines) is 2. The number of hydrogen-bond acceptors (Lipinski definition) is 6. The summed E-state index contributed by atoms with van der Waals surface area (Å²) < 4.78 is 11.2. The lowest BCUT2D eigenvalue weighted by Gasteiger charge is -2.34. The van der Waals surface area contributed by atoms with Crippen molar-refractivity contribution in [1.82, 2.24) is 9.80 Å². The highest BCUT2D eigenvalue weighted by Gasteiger charge is 2.42. The van der Waals surface area contributed by atoms with Crippen molar-refractivity contribution in [2.75, 3.05) is 13.1 Å². The van der Waals surface area contributed by atoms with Crippen LogP contribution in [0.5, 0.6) is 11.5 Å². The van der Waals surface area contributed by atoms with Crippen LogP contribution in [0.15, 0.2) is 126 Å². The van der Waals surface area contributed by atoms with Gasteiger partial charge in [0.2, 0.25) is 0 Å². The second-order valence-electron chi connectivity index (χ2n) is 11.6. The Labute approximate surface area is 251 Å². The van der Waals surface area contributed by atoms with Crippen LogP contribution in [0.3, 0.4) is 0 Å². The average molecular weight is 571 g/mol. The molecule has 4 aromatic carbocycles. The molecule has 0 amide bonds. The van der Waals surface area contributed by atoms with Crippen LogP contribution in [-0.2, 0) is 13.1 Å². The van der Waals surface area contributed by atoms with Gasteiger partial charge < -0.3 is 14.3 Å². The predicted octanol–water partition coefficient (Wildman–Crippen LogP) is 7.11. The molecule has 2 aliphatic heterocycles. The van der Waals surface area contributed by atoms with Crippen molar-refractivity contribution in [2.45, 2.75) is 37.7 Å². The largest absolute Gasteiger partial charge is 0.472 e. The first kappa shape index (κ1) is 27.3. The minimum atomic E-state index is -1.14. The fraction of sp³-hybridized carbons (Fsp3) is 0.216. The van der Waals surface area contributed by atoms with Crippen LogP contribution in [0.25, 0.3) is 11.1 Å². The number of Topliss-reactive ketones (excluding diaryl/α,β-unsaturated/α-hetero) is 1. The average Bonchev–Trinajstić information content (AvgIpc) is 3.81. The van der Waals surface area contributed by atoms with Gasteiger partial charge in [-0.3, -0.25) is 14.6 Å². The number of benzene rings is 4. The first-order valence-electron chi connectivity index (χ1n) is 14.8. The maximum absolute atomic E-state index is 12.8. The van der Waals surface area contributed by atoms with Crippen LogP contribution >= 0.6 is 0 Å². The molecule has 43 heavy (non-hydrogen) atoms. The first-order valence-corrected chi connectivity index (χ1v) is 14.8. The molecule has 2 saturated heterocycles. The van der Waals surface area contributed by atoms with Crippen LogP contribution in [0.1, 0.15) is 39.6 Å². The molecule has 6 nitrogen and oxygen atoms in total. The number of ketones is 1. The Hall–Kier alpha value is -4.49. The summed E-state index contributed by atoms with van der Waals surface area (Å²) in [5, 5.41) is 10.5. The number of ether oxygens (including phenoxy) is 1. The number of aliphatic hydroxyl groups is 1. The lowest BCUT2D eigenvalue weighted by atomic mass is 9.99. The molecule has 2 fully saturated rings. The highest BCUT2D eigenvalue weighted by Crippen LogP contribution is 2.34. The molecule has 0 aliphatic carbocycles. The van der Waals surface area contributed by atoms with E-state index >= 15 is 0 Å². The number of hydrogen-bond donors (Lipinski definition) is 1. The van der Waals surface area contributed by atoms with E-state index in [2.05, 4.69) is 21.9 Å². The number of carbonyl (C=O) groups excluding carboxylic acids is 1. The summed E-state index contributed by atoms with van der Waals surface area (Å²) in [5.74, 6) is 1.37. The third kappa shape index (κ3) is 6.04. The monoisotopic (exact) mass is 570 g/mol. The van der Waals surface area contributed by atoms with Gasteiger partial charge in [-0.25, -0.2) is 0 Å². The van der Waals surface area contributed by atoms with Gasteiger partial charge in [-0.2, -0.15) is 0 Å². The van der Waals surface area contributed by atoms with Gasteiger partial charge in [0.25, 0.3) is 0 Å². The molecule has 0 radical (unpaired) electrons. The van der Waals surface area contributed by atoms with E-state index in [-0.39, 0.29) is 5.78 Å². The summed E-state index contributed by atoms with van der Waals surface area (Å²) >= 11 is 0. The summed E-state index contributed by atoms with van der Waals surface area (Å²) in [5.41, 5.74) is 5.79. The zero-order chi connectivity index (χ0) is 29.2. The van der Waals surface area contributed by atoms with Crippen molar-refractivity contribution < 1.29 is 19.1 Å². The number of furan rings is 1. The Balaban J connectivity index is 0.896. The van der Waals surface area contributed by atoms with E-state index in [1.807, 2.05) is 84.9 Å². The fourth-order valence-electron chi connectivity index (χ4n) is 6.35. The molecule has 2 aliphatic rings. The zero-order valence-corrected chi connectivity index (χ0v) is 23.9. The van der Waals surface area contributed by atoms with E-state index in [1.54, 1.807) is 24.7 Å². The van der Waals surface area contributed by atoms with Gasteiger partial charge in [-0.05, 0) is 59.0 Å². The topological polar surface area (TPSA) is 66.2 Å². The quantitative estimate of drug-likeness (QED) is 0.181. The SMILES string of the molecule is O=C(c1ccc(CN2C[C@@H]3C[C@H]2CN3Cc2ccc(Oc3ccc(-c4ccoc4)cc3)cc2)cc1)C(O)c1ccccc1. The van der Waals surface area contributed by atoms with Crippen molar-refractivity contribution in [3.63, 3.8) is 0 Å². The molecule has 0 saturated carbocycles. The third-order valence-electron chi connectivity index (χ3n) is 8.71. The molecular weight excluding hydrogens is 536 g/mol.